The van der Waals surface area contributed by atoms with Crippen LogP contribution in [0, 0.1) is 0 Å². The number of ether oxygens (including phenoxy) is 1. The molecule has 1 atom stereocenters. The number of carbonyl (C=O) groups is 1. The molecule has 6 heteroatoms. The molecule has 18 heavy (non-hydrogen) atoms. The minimum atomic E-state index is -0.201. The molecule has 0 saturated carbocycles. The molecule has 1 aromatic rings. The molecular formula is C12H16Cl2N2O2. The first kappa shape index (κ1) is 15.2. The van der Waals surface area contributed by atoms with E-state index in [0.717, 1.165) is 0 Å². The molecule has 0 bridgehead atoms. The van der Waals surface area contributed by atoms with E-state index in [1.54, 1.807) is 25.3 Å². The summed E-state index contributed by atoms with van der Waals surface area (Å²) in [6, 6.07) is 5.16. The number of para-hydroxylation sites is 1. The van der Waals surface area contributed by atoms with Gasteiger partial charge in [-0.15, -0.1) is 0 Å². The van der Waals surface area contributed by atoms with Gasteiger partial charge in [0.1, 0.15) is 0 Å². The van der Waals surface area contributed by atoms with E-state index in [1.807, 2.05) is 6.92 Å². The summed E-state index contributed by atoms with van der Waals surface area (Å²) in [7, 11) is 1.61. The second-order valence-corrected chi connectivity index (χ2v) is 4.70. The van der Waals surface area contributed by atoms with Gasteiger partial charge in [-0.25, -0.2) is 0 Å². The van der Waals surface area contributed by atoms with Crippen molar-refractivity contribution in [2.24, 2.45) is 0 Å². The first-order valence-corrected chi connectivity index (χ1v) is 6.26. The lowest BCUT2D eigenvalue weighted by atomic mass is 10.3. The minimum absolute atomic E-state index is 0.0995. The fourth-order valence-corrected chi connectivity index (χ4v) is 1.87. The van der Waals surface area contributed by atoms with Crippen molar-refractivity contribution >= 4 is 34.8 Å². The zero-order valence-electron chi connectivity index (χ0n) is 10.3. The molecule has 2 N–H and O–H groups in total. The van der Waals surface area contributed by atoms with Crippen LogP contribution in [0.5, 0.6) is 0 Å². The lowest BCUT2D eigenvalue weighted by Crippen LogP contribution is -2.36. The van der Waals surface area contributed by atoms with Crippen LogP contribution in [-0.2, 0) is 9.53 Å². The molecule has 0 saturated heterocycles. The van der Waals surface area contributed by atoms with Crippen LogP contribution in [0.15, 0.2) is 18.2 Å². The highest BCUT2D eigenvalue weighted by molar-refractivity contribution is 6.39. The molecule has 0 aliphatic carbocycles. The van der Waals surface area contributed by atoms with Crippen molar-refractivity contribution in [1.82, 2.24) is 5.32 Å². The fraction of sp³-hybridized carbons (Fsp3) is 0.417. The predicted octanol–water partition coefficient (Wildman–Crippen LogP) is 2.56. The Labute approximate surface area is 117 Å². The van der Waals surface area contributed by atoms with Crippen LogP contribution in [0.1, 0.15) is 6.92 Å². The van der Waals surface area contributed by atoms with Crippen molar-refractivity contribution in [3.05, 3.63) is 28.2 Å². The molecule has 1 aromatic carbocycles. The Kier molecular flexibility index (Phi) is 6.43. The number of hydrogen-bond donors (Lipinski definition) is 2. The molecule has 1 unspecified atom stereocenters. The maximum absolute atomic E-state index is 11.7. The van der Waals surface area contributed by atoms with Gasteiger partial charge in [0.05, 0.1) is 28.9 Å². The highest BCUT2D eigenvalue weighted by Gasteiger charge is 2.10. The van der Waals surface area contributed by atoms with Gasteiger partial charge in [0.25, 0.3) is 0 Å². The third-order valence-electron chi connectivity index (χ3n) is 2.25. The lowest BCUT2D eigenvalue weighted by molar-refractivity contribution is -0.115. The number of amides is 1. The number of rotatable bonds is 6. The Balaban J connectivity index is 2.50. The largest absolute Gasteiger partial charge is 0.383 e. The number of carbonyl (C=O) groups excluding carboxylic acids is 1. The van der Waals surface area contributed by atoms with Crippen molar-refractivity contribution in [1.29, 1.82) is 0 Å². The molecule has 100 valence electrons. The predicted molar refractivity (Wildman–Crippen MR) is 74.4 cm³/mol. The maximum Gasteiger partial charge on any atom is 0.238 e. The quantitative estimate of drug-likeness (QED) is 0.847. The average Bonchev–Trinajstić information content (AvgIpc) is 2.32. The molecule has 1 amide bonds. The normalized spacial score (nSPS) is 12.2. The van der Waals surface area contributed by atoms with Crippen LogP contribution in [0.2, 0.25) is 10.0 Å². The molecular weight excluding hydrogens is 275 g/mol. The minimum Gasteiger partial charge on any atom is -0.383 e. The number of nitrogens with one attached hydrogen (secondary N) is 2. The van der Waals surface area contributed by atoms with E-state index in [1.165, 1.54) is 0 Å². The molecule has 0 aliphatic rings. The summed E-state index contributed by atoms with van der Waals surface area (Å²) >= 11 is 11.9. The Hall–Kier alpha value is -0.810. The van der Waals surface area contributed by atoms with Crippen molar-refractivity contribution in [2.45, 2.75) is 13.0 Å². The van der Waals surface area contributed by atoms with Crippen LogP contribution in [0.3, 0.4) is 0 Å². The molecule has 0 fully saturated rings. The SMILES string of the molecule is COCC(C)NCC(=O)Nc1c(Cl)cccc1Cl. The first-order chi connectivity index (χ1) is 8.54. The summed E-state index contributed by atoms with van der Waals surface area (Å²) in [4.78, 5) is 11.7. The molecule has 0 spiro atoms. The van der Waals surface area contributed by atoms with Gasteiger partial charge in [-0.3, -0.25) is 4.79 Å². The number of anilines is 1. The topological polar surface area (TPSA) is 50.4 Å². The highest BCUT2D eigenvalue weighted by Crippen LogP contribution is 2.29. The van der Waals surface area contributed by atoms with Crippen LogP contribution in [0.4, 0.5) is 5.69 Å². The Morgan fingerprint density at radius 3 is 2.56 bits per heavy atom. The molecule has 4 nitrogen and oxygen atoms in total. The number of benzene rings is 1. The van der Waals surface area contributed by atoms with E-state index >= 15 is 0 Å². The van der Waals surface area contributed by atoms with E-state index < -0.39 is 0 Å². The zero-order valence-corrected chi connectivity index (χ0v) is 11.8. The van der Waals surface area contributed by atoms with Gasteiger partial charge < -0.3 is 15.4 Å². The molecule has 0 aliphatic heterocycles. The highest BCUT2D eigenvalue weighted by atomic mass is 35.5. The first-order valence-electron chi connectivity index (χ1n) is 5.50. The average molecular weight is 291 g/mol. The second kappa shape index (κ2) is 7.59. The monoisotopic (exact) mass is 290 g/mol. The van der Waals surface area contributed by atoms with E-state index in [4.69, 9.17) is 27.9 Å². The zero-order chi connectivity index (χ0) is 13.5. The van der Waals surface area contributed by atoms with Gasteiger partial charge in [0, 0.05) is 13.2 Å². The van der Waals surface area contributed by atoms with E-state index in [9.17, 15) is 4.79 Å². The van der Waals surface area contributed by atoms with Crippen molar-refractivity contribution in [3.8, 4) is 0 Å². The van der Waals surface area contributed by atoms with Crippen molar-refractivity contribution in [2.75, 3.05) is 25.6 Å². The van der Waals surface area contributed by atoms with Crippen LogP contribution < -0.4 is 10.6 Å². The Bertz CT molecular complexity index is 393. The fourth-order valence-electron chi connectivity index (χ4n) is 1.38. The van der Waals surface area contributed by atoms with Gasteiger partial charge in [0.2, 0.25) is 5.91 Å². The third kappa shape index (κ3) is 4.82. The third-order valence-corrected chi connectivity index (χ3v) is 2.88. The van der Waals surface area contributed by atoms with Crippen LogP contribution >= 0.6 is 23.2 Å². The van der Waals surface area contributed by atoms with Gasteiger partial charge in [-0.05, 0) is 19.1 Å². The summed E-state index contributed by atoms with van der Waals surface area (Å²) in [5, 5.41) is 6.52. The second-order valence-electron chi connectivity index (χ2n) is 3.88. The number of hydrogen-bond acceptors (Lipinski definition) is 3. The van der Waals surface area contributed by atoms with Gasteiger partial charge in [0.15, 0.2) is 0 Å². The van der Waals surface area contributed by atoms with E-state index in [2.05, 4.69) is 10.6 Å². The van der Waals surface area contributed by atoms with Crippen molar-refractivity contribution in [3.63, 3.8) is 0 Å². The number of methoxy groups -OCH3 is 1. The van der Waals surface area contributed by atoms with Crippen LogP contribution in [-0.4, -0.2) is 32.2 Å². The van der Waals surface area contributed by atoms with Gasteiger partial charge in [-0.2, -0.15) is 0 Å². The van der Waals surface area contributed by atoms with Gasteiger partial charge >= 0.3 is 0 Å². The smallest absolute Gasteiger partial charge is 0.238 e. The Morgan fingerprint density at radius 2 is 2.00 bits per heavy atom. The summed E-state index contributed by atoms with van der Waals surface area (Å²) in [5.74, 6) is -0.201. The standard InChI is InChI=1S/C12H16Cl2N2O2/c1-8(7-18-2)15-6-11(17)16-12-9(13)4-3-5-10(12)14/h3-5,8,15H,6-7H2,1-2H3,(H,16,17). The Morgan fingerprint density at radius 1 is 1.39 bits per heavy atom. The summed E-state index contributed by atoms with van der Waals surface area (Å²) < 4.78 is 4.96. The van der Waals surface area contributed by atoms with E-state index in [0.29, 0.717) is 22.3 Å². The summed E-state index contributed by atoms with van der Waals surface area (Å²) in [5.41, 5.74) is 0.437. The van der Waals surface area contributed by atoms with E-state index in [-0.39, 0.29) is 18.5 Å². The molecule has 0 aromatic heterocycles. The number of halogens is 2. The van der Waals surface area contributed by atoms with Crippen LogP contribution in [0.25, 0.3) is 0 Å². The maximum atomic E-state index is 11.7. The lowest BCUT2D eigenvalue weighted by Gasteiger charge is -2.13. The van der Waals surface area contributed by atoms with Crippen molar-refractivity contribution < 1.29 is 9.53 Å². The summed E-state index contributed by atoms with van der Waals surface area (Å²) in [6.07, 6.45) is 0. The molecule has 0 radical (unpaired) electrons. The van der Waals surface area contributed by atoms with Gasteiger partial charge in [-0.1, -0.05) is 29.3 Å². The molecule has 0 heterocycles. The summed E-state index contributed by atoms with van der Waals surface area (Å²) in [6.45, 7) is 2.64. The molecule has 1 rings (SSSR count).